The van der Waals surface area contributed by atoms with Gasteiger partial charge in [0, 0.05) is 60.4 Å². The largest absolute Gasteiger partial charge is 0.494 e. The summed E-state index contributed by atoms with van der Waals surface area (Å²) in [5.74, 6) is 0.853. The Morgan fingerprint density at radius 2 is 1.39 bits per heavy atom. The number of benzene rings is 1. The zero-order valence-corrected chi connectivity index (χ0v) is 24.6. The third kappa shape index (κ3) is 9.15. The molecule has 0 unspecified atom stereocenters. The zero-order chi connectivity index (χ0) is 28.1. The second-order valence-corrected chi connectivity index (χ2v) is 11.6. The molecule has 2 N–H and O–H groups in total. The van der Waals surface area contributed by atoms with Crippen LogP contribution in [0.2, 0.25) is 0 Å². The van der Waals surface area contributed by atoms with Crippen LogP contribution in [0.5, 0.6) is 5.75 Å². The van der Waals surface area contributed by atoms with Crippen LogP contribution in [0.4, 0.5) is 5.69 Å². The summed E-state index contributed by atoms with van der Waals surface area (Å²) in [5.41, 5.74) is 9.98. The Morgan fingerprint density at radius 1 is 0.683 bits per heavy atom. The van der Waals surface area contributed by atoms with Crippen LogP contribution < -0.4 is 15.4 Å². The number of ether oxygens (including phenoxy) is 1. The molecule has 5 aromatic rings. The van der Waals surface area contributed by atoms with Crippen LogP contribution in [-0.2, 0) is 32.7 Å². The Morgan fingerprint density at radius 3 is 2.02 bits per heavy atom. The van der Waals surface area contributed by atoms with Gasteiger partial charge >= 0.3 is 0 Å². The molecule has 0 fully saturated rings. The van der Waals surface area contributed by atoms with E-state index in [9.17, 15) is 0 Å². The molecule has 0 amide bonds. The van der Waals surface area contributed by atoms with Crippen molar-refractivity contribution in [1.29, 1.82) is 0 Å². The Hall–Kier alpha value is -3.70. The van der Waals surface area contributed by atoms with Gasteiger partial charge in [0.05, 0.1) is 37.6 Å². The first-order valence-corrected chi connectivity index (χ1v) is 15.5. The fourth-order valence-electron chi connectivity index (χ4n) is 4.53. The van der Waals surface area contributed by atoms with E-state index >= 15 is 0 Å². The van der Waals surface area contributed by atoms with Crippen LogP contribution in [0.3, 0.4) is 0 Å². The van der Waals surface area contributed by atoms with Crippen LogP contribution in [0, 0.1) is 0 Å². The quantitative estimate of drug-likeness (QED) is 0.143. The molecule has 212 valence electrons. The summed E-state index contributed by atoms with van der Waals surface area (Å²) in [7, 11) is 0. The molecule has 5 rings (SSSR count). The molecule has 0 atom stereocenters. The van der Waals surface area contributed by atoms with E-state index in [0.717, 1.165) is 64.3 Å². The van der Waals surface area contributed by atoms with Gasteiger partial charge in [0.2, 0.25) is 0 Å². The molecule has 0 saturated carbocycles. The lowest BCUT2D eigenvalue weighted by atomic mass is 10.1. The van der Waals surface area contributed by atoms with Gasteiger partial charge in [-0.15, -0.1) is 22.7 Å². The van der Waals surface area contributed by atoms with Crippen molar-refractivity contribution in [3.05, 3.63) is 117 Å². The number of nitrogens with zero attached hydrogens (tertiary/aromatic N) is 6. The van der Waals surface area contributed by atoms with Crippen LogP contribution in [0.1, 0.15) is 39.8 Å². The molecule has 4 heterocycles. The van der Waals surface area contributed by atoms with Gasteiger partial charge in [-0.05, 0) is 61.3 Å². The summed E-state index contributed by atoms with van der Waals surface area (Å²) in [6.07, 6.45) is 9.26. The number of nitrogens with two attached hydrogens (primary N) is 1. The number of aromatic nitrogens is 4. The molecule has 0 aliphatic rings. The lowest BCUT2D eigenvalue weighted by Gasteiger charge is -2.26. The highest BCUT2D eigenvalue weighted by Crippen LogP contribution is 2.29. The standard InChI is InChI=1S/C31H35N7OS2/c32-9-3-6-14-39-29-18-25(20-37(23-30-35-12-15-40-30)21-26-7-1-4-10-33-26)17-28(19-29)38(24-31-36-13-16-41-31)22-27-8-2-5-11-34-27/h1-2,4-5,7-8,10-13,15-19H,3,6,9,14,20-24,32H2. The zero-order valence-electron chi connectivity index (χ0n) is 23.0. The topological polar surface area (TPSA) is 93.3 Å². The first kappa shape index (κ1) is 28.8. The van der Waals surface area contributed by atoms with Gasteiger partial charge in [0.25, 0.3) is 0 Å². The predicted molar refractivity (Wildman–Crippen MR) is 166 cm³/mol. The van der Waals surface area contributed by atoms with Crippen LogP contribution in [-0.4, -0.2) is 38.0 Å². The molecule has 1 aromatic carbocycles. The normalized spacial score (nSPS) is 11.2. The predicted octanol–water partition coefficient (Wildman–Crippen LogP) is 5.92. The van der Waals surface area contributed by atoms with E-state index in [0.29, 0.717) is 32.8 Å². The highest BCUT2D eigenvalue weighted by molar-refractivity contribution is 7.09. The number of anilines is 1. The second-order valence-electron chi connectivity index (χ2n) is 9.67. The van der Waals surface area contributed by atoms with E-state index in [1.165, 1.54) is 0 Å². The maximum Gasteiger partial charge on any atom is 0.121 e. The minimum Gasteiger partial charge on any atom is -0.494 e. The van der Waals surface area contributed by atoms with Gasteiger partial charge in [-0.25, -0.2) is 9.97 Å². The first-order valence-electron chi connectivity index (χ1n) is 13.8. The van der Waals surface area contributed by atoms with Gasteiger partial charge in [-0.3, -0.25) is 14.9 Å². The van der Waals surface area contributed by atoms with Crippen LogP contribution in [0.25, 0.3) is 0 Å². The third-order valence-corrected chi connectivity index (χ3v) is 7.96. The molecule has 0 spiro atoms. The number of hydrogen-bond acceptors (Lipinski definition) is 10. The smallest absolute Gasteiger partial charge is 0.121 e. The average molecular weight is 586 g/mol. The van der Waals surface area contributed by atoms with E-state index in [1.54, 1.807) is 22.7 Å². The van der Waals surface area contributed by atoms with Crippen molar-refractivity contribution >= 4 is 28.4 Å². The number of hydrogen-bond donors (Lipinski definition) is 1. The summed E-state index contributed by atoms with van der Waals surface area (Å²) < 4.78 is 6.28. The van der Waals surface area contributed by atoms with Crippen molar-refractivity contribution in [1.82, 2.24) is 24.8 Å². The SMILES string of the molecule is NCCCCOc1cc(CN(Cc2ccccn2)Cc2nccs2)cc(N(Cc2ccccn2)Cc2nccs2)c1. The molecule has 0 bridgehead atoms. The highest BCUT2D eigenvalue weighted by Gasteiger charge is 2.16. The minimum absolute atomic E-state index is 0.629. The summed E-state index contributed by atoms with van der Waals surface area (Å²) in [6.45, 7) is 4.81. The average Bonchev–Trinajstić information content (AvgIpc) is 3.71. The van der Waals surface area contributed by atoms with Crippen molar-refractivity contribution in [2.45, 2.75) is 45.6 Å². The molecule has 0 aliphatic heterocycles. The van der Waals surface area contributed by atoms with Crippen LogP contribution >= 0.6 is 22.7 Å². The van der Waals surface area contributed by atoms with Crippen molar-refractivity contribution in [3.8, 4) is 5.75 Å². The second kappa shape index (κ2) is 15.3. The van der Waals surface area contributed by atoms with Crippen molar-refractivity contribution in [2.24, 2.45) is 5.73 Å². The molecule has 41 heavy (non-hydrogen) atoms. The van der Waals surface area contributed by atoms with E-state index in [1.807, 2.05) is 59.8 Å². The molecule has 4 aromatic heterocycles. The fraction of sp³-hybridized carbons (Fsp3) is 0.290. The van der Waals surface area contributed by atoms with Gasteiger partial charge in [-0.2, -0.15) is 0 Å². The Balaban J connectivity index is 1.45. The number of pyridine rings is 2. The van der Waals surface area contributed by atoms with Gasteiger partial charge in [0.1, 0.15) is 15.8 Å². The third-order valence-electron chi connectivity index (χ3n) is 6.43. The van der Waals surface area contributed by atoms with E-state index in [4.69, 9.17) is 10.5 Å². The van der Waals surface area contributed by atoms with Crippen molar-refractivity contribution in [2.75, 3.05) is 18.1 Å². The lowest BCUT2D eigenvalue weighted by Crippen LogP contribution is -2.25. The number of thiazole rings is 2. The highest BCUT2D eigenvalue weighted by atomic mass is 32.1. The fourth-order valence-corrected chi connectivity index (χ4v) is 5.81. The summed E-state index contributed by atoms with van der Waals surface area (Å²) in [4.78, 5) is 23.0. The van der Waals surface area contributed by atoms with Gasteiger partial charge < -0.3 is 15.4 Å². The summed E-state index contributed by atoms with van der Waals surface area (Å²) in [6, 6.07) is 18.6. The number of unbranched alkanes of at least 4 members (excludes halogenated alkanes) is 1. The van der Waals surface area contributed by atoms with Crippen molar-refractivity contribution < 1.29 is 4.74 Å². The molecular weight excluding hydrogens is 551 g/mol. The van der Waals surface area contributed by atoms with E-state index in [2.05, 4.69) is 60.1 Å². The summed E-state index contributed by atoms with van der Waals surface area (Å²) >= 11 is 3.33. The van der Waals surface area contributed by atoms with Gasteiger partial charge in [0.15, 0.2) is 0 Å². The molecular formula is C31H35N7OS2. The number of rotatable bonds is 16. The lowest BCUT2D eigenvalue weighted by molar-refractivity contribution is 0.243. The summed E-state index contributed by atoms with van der Waals surface area (Å²) in [5, 5.41) is 6.18. The Labute approximate surface area is 249 Å². The first-order chi connectivity index (χ1) is 20.2. The Kier molecular flexibility index (Phi) is 10.8. The molecule has 10 heteroatoms. The molecule has 0 radical (unpaired) electrons. The van der Waals surface area contributed by atoms with Crippen molar-refractivity contribution in [3.63, 3.8) is 0 Å². The Bertz CT molecular complexity index is 1420. The van der Waals surface area contributed by atoms with Crippen LogP contribution in [0.15, 0.2) is 90.1 Å². The van der Waals surface area contributed by atoms with Gasteiger partial charge in [-0.1, -0.05) is 12.1 Å². The van der Waals surface area contributed by atoms with E-state index in [-0.39, 0.29) is 0 Å². The molecule has 0 aliphatic carbocycles. The maximum absolute atomic E-state index is 6.28. The van der Waals surface area contributed by atoms with E-state index < -0.39 is 0 Å². The monoisotopic (exact) mass is 585 g/mol. The molecule has 8 nitrogen and oxygen atoms in total. The minimum atomic E-state index is 0.629. The molecule has 0 saturated heterocycles. The maximum atomic E-state index is 6.28.